The van der Waals surface area contributed by atoms with Crippen molar-refractivity contribution in [3.63, 3.8) is 0 Å². The minimum atomic E-state index is -1.11. The Morgan fingerprint density at radius 1 is 1.36 bits per heavy atom. The third-order valence-electron chi connectivity index (χ3n) is 3.84. The summed E-state index contributed by atoms with van der Waals surface area (Å²) < 4.78 is 25.4. The van der Waals surface area contributed by atoms with Crippen molar-refractivity contribution in [3.05, 3.63) is 48.5 Å². The summed E-state index contributed by atoms with van der Waals surface area (Å²) in [5.41, 5.74) is 1.13. The number of nitrogens with zero attached hydrogens (tertiary/aromatic N) is 4. The van der Waals surface area contributed by atoms with E-state index in [-0.39, 0.29) is 18.9 Å². The molecule has 2 unspecified atom stereocenters. The molecule has 3 aromatic rings. The molecule has 1 N–H and O–H groups in total. The maximum Gasteiger partial charge on any atom is 0.277 e. The Kier molecular flexibility index (Phi) is 3.98. The number of rotatable bonds is 4. The summed E-state index contributed by atoms with van der Waals surface area (Å²) in [6.45, 7) is 0.314. The number of halogens is 1. The van der Waals surface area contributed by atoms with Gasteiger partial charge in [-0.1, -0.05) is 11.2 Å². The van der Waals surface area contributed by atoms with Crippen LogP contribution in [0.5, 0.6) is 0 Å². The highest BCUT2D eigenvalue weighted by Crippen LogP contribution is 2.23. The first-order valence-corrected chi connectivity index (χ1v) is 7.66. The van der Waals surface area contributed by atoms with E-state index in [2.05, 4.69) is 20.6 Å². The predicted molar refractivity (Wildman–Crippen MR) is 84.7 cm³/mol. The minimum absolute atomic E-state index is 0.0570. The average molecular weight is 343 g/mol. The van der Waals surface area contributed by atoms with E-state index in [4.69, 9.17) is 9.26 Å². The van der Waals surface area contributed by atoms with E-state index in [1.807, 2.05) is 6.07 Å². The van der Waals surface area contributed by atoms with Crippen molar-refractivity contribution in [2.45, 2.75) is 12.2 Å². The molecule has 1 fully saturated rings. The van der Waals surface area contributed by atoms with Gasteiger partial charge in [0.05, 0.1) is 25.1 Å². The van der Waals surface area contributed by atoms with E-state index in [1.54, 1.807) is 24.5 Å². The lowest BCUT2D eigenvalue weighted by molar-refractivity contribution is 0.101. The van der Waals surface area contributed by atoms with Crippen molar-refractivity contribution < 1.29 is 18.4 Å². The van der Waals surface area contributed by atoms with Gasteiger partial charge in [-0.05, 0) is 12.1 Å². The number of amides is 1. The molecule has 2 atom stereocenters. The van der Waals surface area contributed by atoms with Gasteiger partial charge in [-0.2, -0.15) is 5.10 Å². The van der Waals surface area contributed by atoms with Crippen LogP contribution < -0.4 is 5.32 Å². The summed E-state index contributed by atoms with van der Waals surface area (Å²) in [7, 11) is 0. The van der Waals surface area contributed by atoms with Gasteiger partial charge in [0.25, 0.3) is 5.91 Å². The second-order valence-electron chi connectivity index (χ2n) is 5.58. The quantitative estimate of drug-likeness (QED) is 0.779. The zero-order chi connectivity index (χ0) is 17.2. The van der Waals surface area contributed by atoms with E-state index in [9.17, 15) is 9.18 Å². The zero-order valence-corrected chi connectivity index (χ0v) is 13.0. The summed E-state index contributed by atoms with van der Waals surface area (Å²) in [6, 6.07) is 6.37. The first kappa shape index (κ1) is 15.5. The van der Waals surface area contributed by atoms with Crippen molar-refractivity contribution in [1.82, 2.24) is 19.9 Å². The third-order valence-corrected chi connectivity index (χ3v) is 3.84. The number of ether oxygens (including phenoxy) is 1. The molecular weight excluding hydrogens is 329 g/mol. The number of pyridine rings is 1. The first-order valence-electron chi connectivity index (χ1n) is 7.66. The van der Waals surface area contributed by atoms with E-state index in [0.29, 0.717) is 17.1 Å². The highest BCUT2D eigenvalue weighted by Gasteiger charge is 2.30. The molecule has 0 bridgehead atoms. The molecule has 0 radical (unpaired) electrons. The summed E-state index contributed by atoms with van der Waals surface area (Å²) in [5, 5.41) is 10.5. The third kappa shape index (κ3) is 3.13. The van der Waals surface area contributed by atoms with Crippen LogP contribution in [0, 0.1) is 0 Å². The van der Waals surface area contributed by atoms with Crippen molar-refractivity contribution >= 4 is 11.6 Å². The second kappa shape index (κ2) is 6.44. The Morgan fingerprint density at radius 2 is 2.28 bits per heavy atom. The van der Waals surface area contributed by atoms with Crippen LogP contribution in [0.15, 0.2) is 47.4 Å². The van der Waals surface area contributed by atoms with Crippen LogP contribution in [0.3, 0.4) is 0 Å². The van der Waals surface area contributed by atoms with Crippen LogP contribution in [0.25, 0.3) is 11.5 Å². The predicted octanol–water partition coefficient (Wildman–Crippen LogP) is 2.09. The van der Waals surface area contributed by atoms with Crippen molar-refractivity contribution in [2.24, 2.45) is 0 Å². The summed E-state index contributed by atoms with van der Waals surface area (Å²) >= 11 is 0. The number of anilines is 1. The molecular formula is C16H14FN5O3. The molecule has 128 valence electrons. The Hall–Kier alpha value is -3.07. The standard InChI is InChI=1S/C16H14FN5O3/c17-11-8-24-9-14(11)22-7-10(6-19-22)20-16(23)13-5-15(25-21-13)12-3-1-2-4-18-12/h1-7,11,14H,8-9H2,(H,20,23). The maximum absolute atomic E-state index is 13.7. The molecule has 0 aliphatic carbocycles. The average Bonchev–Trinajstić information content (AvgIpc) is 3.36. The highest BCUT2D eigenvalue weighted by molar-refractivity contribution is 6.03. The minimum Gasteiger partial charge on any atom is -0.376 e. The lowest BCUT2D eigenvalue weighted by Crippen LogP contribution is -2.19. The fourth-order valence-corrected chi connectivity index (χ4v) is 2.55. The summed E-state index contributed by atoms with van der Waals surface area (Å²) in [5.74, 6) is -0.0604. The smallest absolute Gasteiger partial charge is 0.277 e. The molecule has 1 aliphatic rings. The molecule has 0 saturated carbocycles. The molecule has 1 aliphatic heterocycles. The number of nitrogens with one attached hydrogen (secondary N) is 1. The molecule has 3 aromatic heterocycles. The van der Waals surface area contributed by atoms with E-state index < -0.39 is 18.1 Å². The van der Waals surface area contributed by atoms with Gasteiger partial charge >= 0.3 is 0 Å². The van der Waals surface area contributed by atoms with Gasteiger partial charge in [0, 0.05) is 18.5 Å². The van der Waals surface area contributed by atoms with Crippen LogP contribution in [-0.4, -0.2) is 45.2 Å². The highest BCUT2D eigenvalue weighted by atomic mass is 19.1. The van der Waals surface area contributed by atoms with Crippen LogP contribution in [0.1, 0.15) is 16.5 Å². The number of aromatic nitrogens is 4. The molecule has 0 aromatic carbocycles. The summed E-state index contributed by atoms with van der Waals surface area (Å²) in [6.07, 6.45) is 3.52. The maximum atomic E-state index is 13.7. The Bertz CT molecular complexity index is 879. The molecule has 0 spiro atoms. The van der Waals surface area contributed by atoms with Gasteiger partial charge in [-0.3, -0.25) is 14.5 Å². The molecule has 9 heteroatoms. The van der Waals surface area contributed by atoms with Gasteiger partial charge in [-0.25, -0.2) is 4.39 Å². The van der Waals surface area contributed by atoms with Crippen LogP contribution in [-0.2, 0) is 4.74 Å². The fourth-order valence-electron chi connectivity index (χ4n) is 2.55. The Balaban J connectivity index is 1.46. The van der Waals surface area contributed by atoms with Crippen molar-refractivity contribution in [2.75, 3.05) is 18.5 Å². The molecule has 8 nitrogen and oxygen atoms in total. The van der Waals surface area contributed by atoms with Gasteiger partial charge in [0.15, 0.2) is 11.5 Å². The molecule has 25 heavy (non-hydrogen) atoms. The molecule has 1 amide bonds. The van der Waals surface area contributed by atoms with Gasteiger partial charge < -0.3 is 14.6 Å². The molecule has 4 rings (SSSR count). The first-order chi connectivity index (χ1) is 12.2. The zero-order valence-electron chi connectivity index (χ0n) is 13.0. The van der Waals surface area contributed by atoms with Gasteiger partial charge in [0.2, 0.25) is 0 Å². The number of hydrogen-bond donors (Lipinski definition) is 1. The van der Waals surface area contributed by atoms with Crippen LogP contribution in [0.2, 0.25) is 0 Å². The van der Waals surface area contributed by atoms with Crippen LogP contribution in [0.4, 0.5) is 10.1 Å². The Morgan fingerprint density at radius 3 is 3.04 bits per heavy atom. The Labute approximate surface area is 141 Å². The monoisotopic (exact) mass is 343 g/mol. The topological polar surface area (TPSA) is 95.1 Å². The van der Waals surface area contributed by atoms with E-state index in [1.165, 1.54) is 16.9 Å². The lowest BCUT2D eigenvalue weighted by atomic mass is 10.2. The number of carbonyl (C=O) groups is 1. The fraction of sp³-hybridized carbons (Fsp3) is 0.250. The second-order valence-corrected chi connectivity index (χ2v) is 5.58. The SMILES string of the molecule is O=C(Nc1cnn(C2COCC2F)c1)c1cc(-c2ccccn2)on1. The lowest BCUT2D eigenvalue weighted by Gasteiger charge is -2.10. The summed E-state index contributed by atoms with van der Waals surface area (Å²) in [4.78, 5) is 16.4. The van der Waals surface area contributed by atoms with Gasteiger partial charge in [-0.15, -0.1) is 0 Å². The van der Waals surface area contributed by atoms with Crippen molar-refractivity contribution in [3.8, 4) is 11.5 Å². The largest absolute Gasteiger partial charge is 0.376 e. The van der Waals surface area contributed by atoms with Crippen molar-refractivity contribution in [1.29, 1.82) is 0 Å². The van der Waals surface area contributed by atoms with E-state index in [0.717, 1.165) is 0 Å². The molecule has 1 saturated heterocycles. The number of alkyl halides is 1. The molecule has 4 heterocycles. The number of carbonyl (C=O) groups excluding carboxylic acids is 1. The van der Waals surface area contributed by atoms with Crippen LogP contribution >= 0.6 is 0 Å². The van der Waals surface area contributed by atoms with E-state index >= 15 is 0 Å². The normalized spacial score (nSPS) is 19.9. The van der Waals surface area contributed by atoms with Gasteiger partial charge in [0.1, 0.15) is 17.9 Å². The number of hydrogen-bond acceptors (Lipinski definition) is 6.